The van der Waals surface area contributed by atoms with Crippen LogP contribution < -0.4 is 5.69 Å². The maximum absolute atomic E-state index is 12.7. The third-order valence-electron chi connectivity index (χ3n) is 3.98. The summed E-state index contributed by atoms with van der Waals surface area (Å²) in [6.45, 7) is 1.21. The average molecular weight is 367 g/mol. The topological polar surface area (TPSA) is 71.2 Å². The van der Waals surface area contributed by atoms with E-state index >= 15 is 0 Å². The van der Waals surface area contributed by atoms with Crippen LogP contribution in [0, 0.1) is 0 Å². The van der Waals surface area contributed by atoms with Gasteiger partial charge in [0.2, 0.25) is 0 Å². The maximum atomic E-state index is 12.7. The number of carbonyl (C=O) groups is 1. The van der Waals surface area contributed by atoms with Crippen LogP contribution in [0.5, 0.6) is 0 Å². The zero-order chi connectivity index (χ0) is 18.9. The number of alkyl halides is 3. The molecule has 0 saturated carbocycles. The van der Waals surface area contributed by atoms with E-state index in [0.29, 0.717) is 17.7 Å². The molecule has 0 bridgehead atoms. The molecule has 2 aromatic heterocycles. The van der Waals surface area contributed by atoms with E-state index in [9.17, 15) is 22.8 Å². The number of amides is 1. The molecule has 3 rings (SSSR count). The second-order valence-corrected chi connectivity index (χ2v) is 5.81. The minimum Gasteiger partial charge on any atom is -0.472 e. The molecule has 0 fully saturated rings. The van der Waals surface area contributed by atoms with Crippen molar-refractivity contribution in [2.45, 2.75) is 26.2 Å². The Kier molecular flexibility index (Phi) is 4.62. The van der Waals surface area contributed by atoms with E-state index in [-0.39, 0.29) is 22.5 Å². The Morgan fingerprint density at radius 2 is 2.08 bits per heavy atom. The average Bonchev–Trinajstić information content (AvgIpc) is 3.19. The summed E-state index contributed by atoms with van der Waals surface area (Å²) in [5.74, 6) is -0.292. The van der Waals surface area contributed by atoms with Crippen molar-refractivity contribution in [2.75, 3.05) is 6.54 Å². The van der Waals surface area contributed by atoms with Crippen molar-refractivity contribution in [3.63, 3.8) is 0 Å². The summed E-state index contributed by atoms with van der Waals surface area (Å²) in [5, 5.41) is 0. The predicted molar refractivity (Wildman–Crippen MR) is 87.7 cm³/mol. The minimum atomic E-state index is -4.52. The fraction of sp³-hybridized carbons (Fsp3) is 0.294. The first-order valence-electron chi connectivity index (χ1n) is 7.88. The van der Waals surface area contributed by atoms with Crippen molar-refractivity contribution < 1.29 is 22.4 Å². The van der Waals surface area contributed by atoms with E-state index in [0.717, 1.165) is 5.56 Å². The fourth-order valence-corrected chi connectivity index (χ4v) is 2.75. The van der Waals surface area contributed by atoms with E-state index < -0.39 is 18.4 Å². The van der Waals surface area contributed by atoms with Crippen LogP contribution in [0.2, 0.25) is 0 Å². The SMILES string of the molecule is CCN(Cc1ccoc1)C(=O)c1ccc2c(c1)[nH]c(=O)n2CC(F)(F)F. The number of halogens is 3. The predicted octanol–water partition coefficient (Wildman–Crippen LogP) is 3.15. The van der Waals surface area contributed by atoms with Crippen LogP contribution in [0.25, 0.3) is 11.0 Å². The number of aromatic nitrogens is 2. The van der Waals surface area contributed by atoms with Crippen molar-refractivity contribution >= 4 is 16.9 Å². The van der Waals surface area contributed by atoms with Gasteiger partial charge < -0.3 is 14.3 Å². The first-order chi connectivity index (χ1) is 12.3. The van der Waals surface area contributed by atoms with Gasteiger partial charge in [0.05, 0.1) is 23.6 Å². The molecule has 26 heavy (non-hydrogen) atoms. The van der Waals surface area contributed by atoms with E-state index in [1.165, 1.54) is 30.7 Å². The molecule has 0 spiro atoms. The molecule has 3 aromatic rings. The molecule has 0 unspecified atom stereocenters. The van der Waals surface area contributed by atoms with E-state index in [2.05, 4.69) is 4.98 Å². The number of aromatic amines is 1. The van der Waals surface area contributed by atoms with Crippen molar-refractivity contribution in [2.24, 2.45) is 0 Å². The van der Waals surface area contributed by atoms with Gasteiger partial charge in [-0.2, -0.15) is 13.2 Å². The van der Waals surface area contributed by atoms with E-state index in [1.807, 2.05) is 6.92 Å². The molecule has 6 nitrogen and oxygen atoms in total. The summed E-state index contributed by atoms with van der Waals surface area (Å²) >= 11 is 0. The van der Waals surface area contributed by atoms with Gasteiger partial charge in [0.15, 0.2) is 0 Å². The number of fused-ring (bicyclic) bond motifs is 1. The summed E-state index contributed by atoms with van der Waals surface area (Å²) in [6, 6.07) is 5.90. The Morgan fingerprint density at radius 3 is 2.69 bits per heavy atom. The lowest BCUT2D eigenvalue weighted by Gasteiger charge is -2.20. The van der Waals surface area contributed by atoms with Gasteiger partial charge in [-0.1, -0.05) is 0 Å². The van der Waals surface area contributed by atoms with Crippen LogP contribution >= 0.6 is 0 Å². The van der Waals surface area contributed by atoms with Gasteiger partial charge in [0, 0.05) is 24.2 Å². The highest BCUT2D eigenvalue weighted by atomic mass is 19.4. The molecule has 0 aliphatic carbocycles. The number of carbonyl (C=O) groups excluding carboxylic acids is 1. The highest BCUT2D eigenvalue weighted by Gasteiger charge is 2.30. The number of nitrogens with zero attached hydrogens (tertiary/aromatic N) is 2. The highest BCUT2D eigenvalue weighted by Crippen LogP contribution is 2.21. The minimum absolute atomic E-state index is 0.0989. The molecule has 1 amide bonds. The highest BCUT2D eigenvalue weighted by molar-refractivity contribution is 5.97. The molecule has 0 aliphatic rings. The number of furan rings is 1. The molecule has 1 aromatic carbocycles. The van der Waals surface area contributed by atoms with Crippen LogP contribution in [0.3, 0.4) is 0 Å². The van der Waals surface area contributed by atoms with Crippen molar-refractivity contribution in [1.29, 1.82) is 0 Å². The summed E-state index contributed by atoms with van der Waals surface area (Å²) in [7, 11) is 0. The van der Waals surface area contributed by atoms with E-state index in [1.54, 1.807) is 11.0 Å². The summed E-state index contributed by atoms with van der Waals surface area (Å²) in [6.07, 6.45) is -1.47. The summed E-state index contributed by atoms with van der Waals surface area (Å²) < 4.78 is 43.5. The van der Waals surface area contributed by atoms with Gasteiger partial charge in [0.1, 0.15) is 6.54 Å². The summed E-state index contributed by atoms with van der Waals surface area (Å²) in [4.78, 5) is 28.4. The molecule has 2 heterocycles. The molecule has 0 atom stereocenters. The number of imidazole rings is 1. The summed E-state index contributed by atoms with van der Waals surface area (Å²) in [5.41, 5.74) is 0.521. The Balaban J connectivity index is 1.91. The zero-order valence-corrected chi connectivity index (χ0v) is 13.8. The lowest BCUT2D eigenvalue weighted by Crippen LogP contribution is -2.30. The number of hydrogen-bond donors (Lipinski definition) is 1. The number of benzene rings is 1. The Labute approximate surface area is 145 Å². The largest absolute Gasteiger partial charge is 0.472 e. The Morgan fingerprint density at radius 1 is 1.31 bits per heavy atom. The first-order valence-corrected chi connectivity index (χ1v) is 7.88. The third-order valence-corrected chi connectivity index (χ3v) is 3.98. The number of H-pyrrole nitrogens is 1. The second kappa shape index (κ2) is 6.74. The van der Waals surface area contributed by atoms with Crippen LogP contribution in [0.4, 0.5) is 13.2 Å². The maximum Gasteiger partial charge on any atom is 0.406 e. The molecule has 9 heteroatoms. The molecule has 0 radical (unpaired) electrons. The van der Waals surface area contributed by atoms with Crippen LogP contribution in [0.1, 0.15) is 22.8 Å². The Hall–Kier alpha value is -2.97. The molecule has 0 aliphatic heterocycles. The molecule has 0 saturated heterocycles. The Bertz CT molecular complexity index is 971. The van der Waals surface area contributed by atoms with Gasteiger partial charge in [-0.15, -0.1) is 0 Å². The first kappa shape index (κ1) is 17.8. The van der Waals surface area contributed by atoms with Crippen LogP contribution in [0.15, 0.2) is 46.0 Å². The van der Waals surface area contributed by atoms with Gasteiger partial charge in [0.25, 0.3) is 5.91 Å². The van der Waals surface area contributed by atoms with Crippen molar-refractivity contribution in [3.8, 4) is 0 Å². The molecular weight excluding hydrogens is 351 g/mol. The normalized spacial score (nSPS) is 11.8. The fourth-order valence-electron chi connectivity index (χ4n) is 2.75. The molecule has 138 valence electrons. The van der Waals surface area contributed by atoms with Crippen LogP contribution in [-0.2, 0) is 13.1 Å². The quantitative estimate of drug-likeness (QED) is 0.753. The number of rotatable bonds is 5. The van der Waals surface area contributed by atoms with Gasteiger partial charge in [-0.25, -0.2) is 4.79 Å². The second-order valence-electron chi connectivity index (χ2n) is 5.81. The van der Waals surface area contributed by atoms with Gasteiger partial charge in [-0.3, -0.25) is 9.36 Å². The van der Waals surface area contributed by atoms with E-state index in [4.69, 9.17) is 4.42 Å². The van der Waals surface area contributed by atoms with Gasteiger partial charge >= 0.3 is 11.9 Å². The molecule has 1 N–H and O–H groups in total. The zero-order valence-electron chi connectivity index (χ0n) is 13.8. The smallest absolute Gasteiger partial charge is 0.406 e. The standard InChI is InChI=1S/C17H16F3N3O3/c1-2-22(8-11-5-6-26-9-11)15(24)12-3-4-14-13(7-12)21-16(25)23(14)10-17(18,19)20/h3-7,9H,2,8,10H2,1H3,(H,21,25). The monoisotopic (exact) mass is 367 g/mol. The molecular formula is C17H16F3N3O3. The third kappa shape index (κ3) is 3.66. The number of nitrogens with one attached hydrogen (secondary N) is 1. The lowest BCUT2D eigenvalue weighted by atomic mass is 10.1. The van der Waals surface area contributed by atoms with Crippen molar-refractivity contribution in [3.05, 3.63) is 58.4 Å². The van der Waals surface area contributed by atoms with Crippen LogP contribution in [-0.4, -0.2) is 33.1 Å². The van der Waals surface area contributed by atoms with Gasteiger partial charge in [-0.05, 0) is 31.2 Å². The number of hydrogen-bond acceptors (Lipinski definition) is 3. The van der Waals surface area contributed by atoms with Crippen molar-refractivity contribution in [1.82, 2.24) is 14.5 Å². The lowest BCUT2D eigenvalue weighted by molar-refractivity contribution is -0.140.